The zero-order valence-electron chi connectivity index (χ0n) is 9.75. The summed E-state index contributed by atoms with van der Waals surface area (Å²) in [4.78, 5) is 2.54. The van der Waals surface area contributed by atoms with Crippen molar-refractivity contribution >= 4 is 17.3 Å². The minimum absolute atomic E-state index is 0.790. The fourth-order valence-corrected chi connectivity index (χ4v) is 2.08. The van der Waals surface area contributed by atoms with Crippen molar-refractivity contribution in [2.45, 2.75) is 25.8 Å². The topological polar surface area (TPSA) is 15.3 Å². The van der Waals surface area contributed by atoms with Gasteiger partial charge in [0.15, 0.2) is 0 Å². The van der Waals surface area contributed by atoms with Gasteiger partial charge >= 0.3 is 0 Å². The second-order valence-corrected chi connectivity index (χ2v) is 4.73. The zero-order valence-corrected chi connectivity index (χ0v) is 10.5. The molecule has 2 nitrogen and oxygen atoms in total. The molecule has 16 heavy (non-hydrogen) atoms. The molecule has 1 N–H and O–H groups in total. The Labute approximate surface area is 103 Å². The van der Waals surface area contributed by atoms with E-state index in [2.05, 4.69) is 17.1 Å². The van der Waals surface area contributed by atoms with Gasteiger partial charge in [-0.1, -0.05) is 18.5 Å². The monoisotopic (exact) mass is 238 g/mol. The molecule has 1 aromatic carbocycles. The third kappa shape index (κ3) is 3.39. The number of likely N-dealkylation sites (N-methyl/N-ethyl adjacent to an activating group) is 1. The number of halogens is 1. The highest BCUT2D eigenvalue weighted by molar-refractivity contribution is 6.30. The van der Waals surface area contributed by atoms with E-state index in [0.29, 0.717) is 0 Å². The van der Waals surface area contributed by atoms with Crippen molar-refractivity contribution in [2.75, 3.05) is 25.0 Å². The average Bonchev–Trinajstić information content (AvgIpc) is 3.11. The molecule has 0 radical (unpaired) electrons. The molecule has 1 saturated carbocycles. The number of hydrogen-bond acceptors (Lipinski definition) is 2. The molecule has 0 unspecified atom stereocenters. The maximum absolute atomic E-state index is 5.83. The van der Waals surface area contributed by atoms with Gasteiger partial charge in [0, 0.05) is 29.8 Å². The van der Waals surface area contributed by atoms with Crippen LogP contribution in [-0.2, 0) is 0 Å². The number of hydrogen-bond donors (Lipinski definition) is 1. The van der Waals surface area contributed by atoms with E-state index in [-0.39, 0.29) is 0 Å². The van der Waals surface area contributed by atoms with E-state index < -0.39 is 0 Å². The maximum Gasteiger partial charge on any atom is 0.0407 e. The van der Waals surface area contributed by atoms with Crippen molar-refractivity contribution < 1.29 is 0 Å². The van der Waals surface area contributed by atoms with E-state index >= 15 is 0 Å². The molecule has 0 amide bonds. The average molecular weight is 239 g/mol. The molecule has 0 saturated heterocycles. The van der Waals surface area contributed by atoms with Crippen molar-refractivity contribution in [2.24, 2.45) is 0 Å². The summed E-state index contributed by atoms with van der Waals surface area (Å²) in [5.74, 6) is 0. The van der Waals surface area contributed by atoms with Crippen LogP contribution < -0.4 is 5.32 Å². The summed E-state index contributed by atoms with van der Waals surface area (Å²) >= 11 is 5.83. The second-order valence-electron chi connectivity index (χ2n) is 4.29. The molecule has 0 bridgehead atoms. The first-order chi connectivity index (χ1) is 7.79. The summed E-state index contributed by atoms with van der Waals surface area (Å²) < 4.78 is 0. The predicted octanol–water partition coefficient (Wildman–Crippen LogP) is 3.24. The van der Waals surface area contributed by atoms with E-state index in [9.17, 15) is 0 Å². The van der Waals surface area contributed by atoms with Gasteiger partial charge in [-0.15, -0.1) is 0 Å². The second kappa shape index (κ2) is 5.55. The molecule has 1 aliphatic carbocycles. The van der Waals surface area contributed by atoms with E-state index in [1.54, 1.807) is 0 Å². The summed E-state index contributed by atoms with van der Waals surface area (Å²) in [7, 11) is 0. The molecule has 0 spiro atoms. The van der Waals surface area contributed by atoms with Crippen LogP contribution in [0.5, 0.6) is 0 Å². The minimum Gasteiger partial charge on any atom is -0.384 e. The van der Waals surface area contributed by atoms with Crippen molar-refractivity contribution in [3.05, 3.63) is 29.3 Å². The molecule has 2 rings (SSSR count). The van der Waals surface area contributed by atoms with E-state index in [1.807, 2.05) is 24.3 Å². The van der Waals surface area contributed by atoms with Gasteiger partial charge in [0.1, 0.15) is 0 Å². The standard InChI is InChI=1S/C13H19ClN2/c1-2-16(13-7-8-13)10-9-15-12-5-3-11(14)4-6-12/h3-6,13,15H,2,7-10H2,1H3. The lowest BCUT2D eigenvalue weighted by Gasteiger charge is -2.20. The number of nitrogens with one attached hydrogen (secondary N) is 1. The van der Waals surface area contributed by atoms with Gasteiger partial charge in [-0.2, -0.15) is 0 Å². The number of nitrogens with zero attached hydrogens (tertiary/aromatic N) is 1. The van der Waals surface area contributed by atoms with Crippen molar-refractivity contribution in [3.8, 4) is 0 Å². The number of anilines is 1. The Hall–Kier alpha value is -0.730. The van der Waals surface area contributed by atoms with Crippen molar-refractivity contribution in [3.63, 3.8) is 0 Å². The van der Waals surface area contributed by atoms with Crippen LogP contribution >= 0.6 is 11.6 Å². The first kappa shape index (κ1) is 11.7. The molecule has 1 aromatic rings. The van der Waals surface area contributed by atoms with Gasteiger partial charge in [0.25, 0.3) is 0 Å². The fraction of sp³-hybridized carbons (Fsp3) is 0.538. The van der Waals surface area contributed by atoms with E-state index in [0.717, 1.165) is 36.4 Å². The van der Waals surface area contributed by atoms with Gasteiger partial charge in [-0.3, -0.25) is 4.90 Å². The van der Waals surface area contributed by atoms with Crippen molar-refractivity contribution in [1.82, 2.24) is 4.90 Å². The summed E-state index contributed by atoms with van der Waals surface area (Å²) in [6, 6.07) is 8.74. The number of rotatable bonds is 6. The molecule has 0 atom stereocenters. The normalized spacial score (nSPS) is 15.4. The highest BCUT2D eigenvalue weighted by Gasteiger charge is 2.26. The third-order valence-electron chi connectivity index (χ3n) is 3.04. The van der Waals surface area contributed by atoms with Gasteiger partial charge in [-0.05, 0) is 43.7 Å². The Kier molecular flexibility index (Phi) is 4.08. The summed E-state index contributed by atoms with van der Waals surface area (Å²) in [5, 5.41) is 4.21. The Balaban J connectivity index is 1.72. The Morgan fingerprint density at radius 3 is 2.56 bits per heavy atom. The highest BCUT2D eigenvalue weighted by Crippen LogP contribution is 2.26. The first-order valence-corrected chi connectivity index (χ1v) is 6.41. The van der Waals surface area contributed by atoms with Crippen LogP contribution in [0.15, 0.2) is 24.3 Å². The van der Waals surface area contributed by atoms with Crippen LogP contribution in [0.3, 0.4) is 0 Å². The third-order valence-corrected chi connectivity index (χ3v) is 3.29. The quantitative estimate of drug-likeness (QED) is 0.819. The molecule has 88 valence electrons. The van der Waals surface area contributed by atoms with Crippen molar-refractivity contribution in [1.29, 1.82) is 0 Å². The predicted molar refractivity (Wildman–Crippen MR) is 70.2 cm³/mol. The number of benzene rings is 1. The van der Waals surface area contributed by atoms with E-state index in [4.69, 9.17) is 11.6 Å². The highest BCUT2D eigenvalue weighted by atomic mass is 35.5. The van der Waals surface area contributed by atoms with Gasteiger partial charge < -0.3 is 5.32 Å². The molecule has 3 heteroatoms. The van der Waals surface area contributed by atoms with Crippen LogP contribution in [0, 0.1) is 0 Å². The van der Waals surface area contributed by atoms with Gasteiger partial charge in [-0.25, -0.2) is 0 Å². The zero-order chi connectivity index (χ0) is 11.4. The Morgan fingerprint density at radius 2 is 2.00 bits per heavy atom. The van der Waals surface area contributed by atoms with Crippen LogP contribution in [-0.4, -0.2) is 30.6 Å². The molecule has 0 aliphatic heterocycles. The van der Waals surface area contributed by atoms with E-state index in [1.165, 1.54) is 12.8 Å². The fourth-order valence-electron chi connectivity index (χ4n) is 1.95. The largest absolute Gasteiger partial charge is 0.384 e. The lowest BCUT2D eigenvalue weighted by molar-refractivity contribution is 0.289. The van der Waals surface area contributed by atoms with Crippen LogP contribution in [0.4, 0.5) is 5.69 Å². The molecule has 0 heterocycles. The smallest absolute Gasteiger partial charge is 0.0407 e. The SMILES string of the molecule is CCN(CCNc1ccc(Cl)cc1)C1CC1. The lowest BCUT2D eigenvalue weighted by atomic mass is 10.3. The molecule has 0 aromatic heterocycles. The van der Waals surface area contributed by atoms with Gasteiger partial charge in [0.2, 0.25) is 0 Å². The first-order valence-electron chi connectivity index (χ1n) is 6.03. The summed E-state index contributed by atoms with van der Waals surface area (Å²) in [6.07, 6.45) is 2.77. The molecular formula is C13H19ClN2. The Morgan fingerprint density at radius 1 is 1.31 bits per heavy atom. The molecule has 1 fully saturated rings. The van der Waals surface area contributed by atoms with Gasteiger partial charge in [0.05, 0.1) is 0 Å². The lowest BCUT2D eigenvalue weighted by Crippen LogP contribution is -2.30. The van der Waals surface area contributed by atoms with Crippen LogP contribution in [0.2, 0.25) is 5.02 Å². The maximum atomic E-state index is 5.83. The minimum atomic E-state index is 0.790. The summed E-state index contributed by atoms with van der Waals surface area (Å²) in [6.45, 7) is 5.53. The van der Waals surface area contributed by atoms with Crippen LogP contribution in [0.25, 0.3) is 0 Å². The Bertz CT molecular complexity index is 319. The molecule has 1 aliphatic rings. The molecular weight excluding hydrogens is 220 g/mol. The summed E-state index contributed by atoms with van der Waals surface area (Å²) in [5.41, 5.74) is 1.15. The van der Waals surface area contributed by atoms with Crippen LogP contribution in [0.1, 0.15) is 19.8 Å².